The Morgan fingerprint density at radius 2 is 1.82 bits per heavy atom. The largest absolute Gasteiger partial charge is 0.481 e. The van der Waals surface area contributed by atoms with Gasteiger partial charge in [0, 0.05) is 12.4 Å². The number of aromatic nitrogens is 1. The van der Waals surface area contributed by atoms with E-state index in [9.17, 15) is 4.79 Å². The molecular formula is C19H31NO2. The summed E-state index contributed by atoms with van der Waals surface area (Å²) in [7, 11) is 0. The molecule has 1 aliphatic carbocycles. The molecule has 0 unspecified atom stereocenters. The zero-order valence-corrected chi connectivity index (χ0v) is 14.0. The van der Waals surface area contributed by atoms with E-state index in [0.717, 1.165) is 12.3 Å². The minimum atomic E-state index is -0.665. The SMILES string of the molecule is CC(C)[C@H](CC=CCC1CCCCC1)C(=O)O.c1cc[nH]c1. The van der Waals surface area contributed by atoms with Gasteiger partial charge < -0.3 is 10.1 Å². The number of hydrogen-bond donors (Lipinski definition) is 2. The number of H-pyrrole nitrogens is 1. The van der Waals surface area contributed by atoms with Crippen LogP contribution in [0.4, 0.5) is 0 Å². The Kier molecular flexibility index (Phi) is 9.36. The second-order valence-electron chi connectivity index (χ2n) is 6.52. The van der Waals surface area contributed by atoms with Crippen LogP contribution in [0.1, 0.15) is 58.8 Å². The number of carboxylic acids is 1. The van der Waals surface area contributed by atoms with E-state index in [1.807, 2.05) is 38.4 Å². The summed E-state index contributed by atoms with van der Waals surface area (Å²) < 4.78 is 0. The van der Waals surface area contributed by atoms with Gasteiger partial charge in [0.05, 0.1) is 5.92 Å². The first-order valence-electron chi connectivity index (χ1n) is 8.56. The van der Waals surface area contributed by atoms with Gasteiger partial charge in [0.25, 0.3) is 0 Å². The number of allylic oxidation sites excluding steroid dienone is 2. The maximum absolute atomic E-state index is 11.0. The average molecular weight is 305 g/mol. The van der Waals surface area contributed by atoms with Gasteiger partial charge in [-0.1, -0.05) is 58.1 Å². The summed E-state index contributed by atoms with van der Waals surface area (Å²) in [5.41, 5.74) is 0. The number of nitrogens with one attached hydrogen (secondary N) is 1. The molecule has 2 rings (SSSR count). The van der Waals surface area contributed by atoms with Gasteiger partial charge in [0.1, 0.15) is 0 Å². The van der Waals surface area contributed by atoms with Crippen LogP contribution < -0.4 is 0 Å². The molecule has 1 heterocycles. The molecule has 1 saturated carbocycles. The Balaban J connectivity index is 0.000000406. The monoisotopic (exact) mass is 305 g/mol. The van der Waals surface area contributed by atoms with Crippen LogP contribution in [0, 0.1) is 17.8 Å². The predicted octanol–water partition coefficient (Wildman–Crippen LogP) is 5.27. The minimum absolute atomic E-state index is 0.215. The molecule has 3 nitrogen and oxygen atoms in total. The molecule has 0 aromatic carbocycles. The smallest absolute Gasteiger partial charge is 0.307 e. The van der Waals surface area contributed by atoms with Gasteiger partial charge >= 0.3 is 5.97 Å². The fourth-order valence-corrected chi connectivity index (χ4v) is 2.89. The van der Waals surface area contributed by atoms with E-state index in [0.29, 0.717) is 6.42 Å². The van der Waals surface area contributed by atoms with Gasteiger partial charge in [-0.05, 0) is 36.8 Å². The molecule has 1 aromatic rings. The Morgan fingerprint density at radius 1 is 1.18 bits per heavy atom. The number of rotatable bonds is 6. The Labute approximate surface area is 134 Å². The molecular weight excluding hydrogens is 274 g/mol. The van der Waals surface area contributed by atoms with Crippen LogP contribution in [-0.2, 0) is 4.79 Å². The molecule has 0 aliphatic heterocycles. The Morgan fingerprint density at radius 3 is 2.27 bits per heavy atom. The maximum atomic E-state index is 11.0. The third-order valence-electron chi connectivity index (χ3n) is 4.37. The van der Waals surface area contributed by atoms with Gasteiger partial charge in [-0.15, -0.1) is 0 Å². The van der Waals surface area contributed by atoms with Crippen molar-refractivity contribution in [3.8, 4) is 0 Å². The van der Waals surface area contributed by atoms with Gasteiger partial charge in [0.15, 0.2) is 0 Å². The Bertz CT molecular complexity index is 386. The van der Waals surface area contributed by atoms with Gasteiger partial charge in [-0.2, -0.15) is 0 Å². The van der Waals surface area contributed by atoms with Crippen LogP contribution in [0.3, 0.4) is 0 Å². The highest BCUT2D eigenvalue weighted by Crippen LogP contribution is 2.26. The zero-order valence-electron chi connectivity index (χ0n) is 14.0. The summed E-state index contributed by atoms with van der Waals surface area (Å²) in [4.78, 5) is 13.9. The molecule has 0 radical (unpaired) electrons. The third-order valence-corrected chi connectivity index (χ3v) is 4.37. The molecule has 1 aromatic heterocycles. The third kappa shape index (κ3) is 8.06. The van der Waals surface area contributed by atoms with Crippen LogP contribution in [0.25, 0.3) is 0 Å². The second kappa shape index (κ2) is 11.1. The summed E-state index contributed by atoms with van der Waals surface area (Å²) in [6.45, 7) is 3.96. The zero-order chi connectivity index (χ0) is 16.2. The lowest BCUT2D eigenvalue weighted by Gasteiger charge is -2.19. The second-order valence-corrected chi connectivity index (χ2v) is 6.52. The number of aliphatic carboxylic acids is 1. The molecule has 1 aliphatic rings. The highest BCUT2D eigenvalue weighted by molar-refractivity contribution is 5.70. The predicted molar refractivity (Wildman–Crippen MR) is 91.7 cm³/mol. The topological polar surface area (TPSA) is 53.1 Å². The van der Waals surface area contributed by atoms with Crippen molar-refractivity contribution in [2.45, 2.75) is 58.8 Å². The standard InChI is InChI=1S/C15H26O2.C4H5N/c1-12(2)14(15(16)17)11-7-6-10-13-8-4-3-5-9-13;1-2-4-5-3-1/h6-7,12-14H,3-5,8-11H2,1-2H3,(H,16,17);1-5H/t14-;/m0./s1. The van der Waals surface area contributed by atoms with Crippen molar-refractivity contribution in [3.63, 3.8) is 0 Å². The van der Waals surface area contributed by atoms with Crippen LogP contribution in [-0.4, -0.2) is 16.1 Å². The minimum Gasteiger partial charge on any atom is -0.481 e. The van der Waals surface area contributed by atoms with E-state index in [2.05, 4.69) is 17.1 Å². The average Bonchev–Trinajstić information content (AvgIpc) is 3.07. The van der Waals surface area contributed by atoms with Gasteiger partial charge in [0.2, 0.25) is 0 Å². The lowest BCUT2D eigenvalue weighted by molar-refractivity contribution is -0.143. The van der Waals surface area contributed by atoms with Gasteiger partial charge in [-0.25, -0.2) is 0 Å². The lowest BCUT2D eigenvalue weighted by atomic mass is 9.86. The molecule has 2 N–H and O–H groups in total. The van der Waals surface area contributed by atoms with E-state index in [1.54, 1.807) is 0 Å². The first-order chi connectivity index (χ1) is 10.6. The summed E-state index contributed by atoms with van der Waals surface area (Å²) in [5.74, 6) is 0.175. The molecule has 0 saturated heterocycles. The fraction of sp³-hybridized carbons (Fsp3) is 0.632. The molecule has 0 spiro atoms. The molecule has 124 valence electrons. The molecule has 0 bridgehead atoms. The van der Waals surface area contributed by atoms with E-state index in [-0.39, 0.29) is 11.8 Å². The maximum Gasteiger partial charge on any atom is 0.307 e. The first-order valence-corrected chi connectivity index (χ1v) is 8.56. The van der Waals surface area contributed by atoms with E-state index < -0.39 is 5.97 Å². The molecule has 3 heteroatoms. The molecule has 1 fully saturated rings. The van der Waals surface area contributed by atoms with Crippen molar-refractivity contribution in [3.05, 3.63) is 36.7 Å². The van der Waals surface area contributed by atoms with Crippen LogP contribution in [0.15, 0.2) is 36.7 Å². The molecule has 0 amide bonds. The summed E-state index contributed by atoms with van der Waals surface area (Å²) in [5, 5.41) is 9.06. The quantitative estimate of drug-likeness (QED) is 0.703. The highest BCUT2D eigenvalue weighted by Gasteiger charge is 2.19. The highest BCUT2D eigenvalue weighted by atomic mass is 16.4. The lowest BCUT2D eigenvalue weighted by Crippen LogP contribution is -2.18. The van der Waals surface area contributed by atoms with Crippen molar-refractivity contribution in [2.75, 3.05) is 0 Å². The van der Waals surface area contributed by atoms with Crippen LogP contribution >= 0.6 is 0 Å². The van der Waals surface area contributed by atoms with Crippen molar-refractivity contribution in [1.29, 1.82) is 0 Å². The van der Waals surface area contributed by atoms with Crippen molar-refractivity contribution in [1.82, 2.24) is 4.98 Å². The summed E-state index contributed by atoms with van der Waals surface area (Å²) >= 11 is 0. The van der Waals surface area contributed by atoms with Crippen molar-refractivity contribution < 1.29 is 9.90 Å². The van der Waals surface area contributed by atoms with E-state index in [1.165, 1.54) is 32.1 Å². The van der Waals surface area contributed by atoms with Crippen molar-refractivity contribution in [2.24, 2.45) is 17.8 Å². The normalized spacial score (nSPS) is 17.2. The van der Waals surface area contributed by atoms with Crippen LogP contribution in [0.2, 0.25) is 0 Å². The van der Waals surface area contributed by atoms with Gasteiger partial charge in [-0.3, -0.25) is 4.79 Å². The molecule has 22 heavy (non-hydrogen) atoms. The van der Waals surface area contributed by atoms with Crippen molar-refractivity contribution >= 4 is 5.97 Å². The van der Waals surface area contributed by atoms with E-state index >= 15 is 0 Å². The first kappa shape index (κ1) is 18.5. The fourth-order valence-electron chi connectivity index (χ4n) is 2.89. The summed E-state index contributed by atoms with van der Waals surface area (Å²) in [6.07, 6.45) is 16.7. The number of carboxylic acid groups (broad SMARTS) is 1. The van der Waals surface area contributed by atoms with E-state index in [4.69, 9.17) is 5.11 Å². The number of carbonyl (C=O) groups is 1. The number of hydrogen-bond acceptors (Lipinski definition) is 1. The van der Waals surface area contributed by atoms with Crippen LogP contribution in [0.5, 0.6) is 0 Å². The summed E-state index contributed by atoms with van der Waals surface area (Å²) in [6, 6.07) is 3.89. The molecule has 1 atom stereocenters. The Hall–Kier alpha value is -1.51. The number of aromatic amines is 1.